The van der Waals surface area contributed by atoms with E-state index in [1.165, 1.54) is 0 Å². The fourth-order valence-electron chi connectivity index (χ4n) is 1.79. The topological polar surface area (TPSA) is 103 Å². The Kier molecular flexibility index (Phi) is 4.44. The number of aliphatic carboxylic acids is 1. The third-order valence-electron chi connectivity index (χ3n) is 2.77. The molecule has 0 radical (unpaired) electrons. The molecule has 3 N–H and O–H groups in total. The SMILES string of the molecule is COCc1cccc(-n2cc(CC(N)C(=O)O)nn2)c1. The molecule has 0 amide bonds. The molecule has 1 aromatic carbocycles. The molecule has 0 fully saturated rings. The predicted octanol–water partition coefficient (Wildman–Crippen LogP) is 0.368. The first-order chi connectivity index (χ1) is 9.60. The molecule has 0 aliphatic carbocycles. The molecule has 1 unspecified atom stereocenters. The van der Waals surface area contributed by atoms with Crippen molar-refractivity contribution in [3.63, 3.8) is 0 Å². The lowest BCUT2D eigenvalue weighted by Crippen LogP contribution is -2.32. The van der Waals surface area contributed by atoms with Gasteiger partial charge in [-0.1, -0.05) is 17.3 Å². The highest BCUT2D eigenvalue weighted by Gasteiger charge is 2.14. The minimum atomic E-state index is -1.05. The molecule has 1 heterocycles. The van der Waals surface area contributed by atoms with Crippen LogP contribution in [0.2, 0.25) is 0 Å². The number of nitrogens with zero attached hydrogens (tertiary/aromatic N) is 3. The Bertz CT molecular complexity index is 597. The molecule has 1 atom stereocenters. The van der Waals surface area contributed by atoms with Crippen molar-refractivity contribution in [2.24, 2.45) is 5.73 Å². The Balaban J connectivity index is 2.16. The minimum absolute atomic E-state index is 0.146. The Morgan fingerprint density at radius 3 is 3.05 bits per heavy atom. The maximum atomic E-state index is 10.7. The zero-order chi connectivity index (χ0) is 14.5. The Hall–Kier alpha value is -2.25. The van der Waals surface area contributed by atoms with E-state index in [4.69, 9.17) is 15.6 Å². The van der Waals surface area contributed by atoms with Gasteiger partial charge in [0.1, 0.15) is 6.04 Å². The quantitative estimate of drug-likeness (QED) is 0.790. The van der Waals surface area contributed by atoms with Gasteiger partial charge in [-0.15, -0.1) is 5.10 Å². The van der Waals surface area contributed by atoms with Gasteiger partial charge in [0.2, 0.25) is 0 Å². The molecule has 0 saturated carbocycles. The number of carbonyl (C=O) groups is 1. The molecule has 0 saturated heterocycles. The summed E-state index contributed by atoms with van der Waals surface area (Å²) < 4.78 is 6.66. The number of hydrogen-bond acceptors (Lipinski definition) is 5. The van der Waals surface area contributed by atoms with Gasteiger partial charge in [0, 0.05) is 13.5 Å². The van der Waals surface area contributed by atoms with Crippen molar-refractivity contribution in [2.45, 2.75) is 19.1 Å². The Morgan fingerprint density at radius 1 is 1.55 bits per heavy atom. The first kappa shape index (κ1) is 14.2. The van der Waals surface area contributed by atoms with Crippen LogP contribution in [-0.2, 0) is 22.6 Å². The molecule has 0 spiro atoms. The number of carboxylic acids is 1. The second-order valence-electron chi connectivity index (χ2n) is 4.41. The zero-order valence-electron chi connectivity index (χ0n) is 11.1. The number of methoxy groups -OCH3 is 1. The van der Waals surface area contributed by atoms with Gasteiger partial charge in [-0.2, -0.15) is 0 Å². The summed E-state index contributed by atoms with van der Waals surface area (Å²) in [6.45, 7) is 0.513. The molecule has 0 aliphatic heterocycles. The third-order valence-corrected chi connectivity index (χ3v) is 2.77. The summed E-state index contributed by atoms with van der Waals surface area (Å²) >= 11 is 0. The van der Waals surface area contributed by atoms with Crippen LogP contribution >= 0.6 is 0 Å². The highest BCUT2D eigenvalue weighted by atomic mass is 16.5. The molecule has 2 aromatic rings. The summed E-state index contributed by atoms with van der Waals surface area (Å²) in [4.78, 5) is 10.7. The second-order valence-corrected chi connectivity index (χ2v) is 4.41. The summed E-state index contributed by atoms with van der Waals surface area (Å²) in [5.74, 6) is -1.05. The number of rotatable bonds is 6. The van der Waals surface area contributed by atoms with Crippen LogP contribution in [-0.4, -0.2) is 39.2 Å². The molecule has 7 heteroatoms. The van der Waals surface area contributed by atoms with Crippen molar-refractivity contribution in [2.75, 3.05) is 7.11 Å². The van der Waals surface area contributed by atoms with Crippen molar-refractivity contribution in [3.05, 3.63) is 41.7 Å². The van der Waals surface area contributed by atoms with E-state index >= 15 is 0 Å². The van der Waals surface area contributed by atoms with Crippen molar-refractivity contribution in [3.8, 4) is 5.69 Å². The average molecular weight is 276 g/mol. The predicted molar refractivity (Wildman–Crippen MR) is 71.4 cm³/mol. The average Bonchev–Trinajstić information content (AvgIpc) is 2.88. The highest BCUT2D eigenvalue weighted by molar-refractivity contribution is 5.73. The van der Waals surface area contributed by atoms with Crippen molar-refractivity contribution in [1.82, 2.24) is 15.0 Å². The smallest absolute Gasteiger partial charge is 0.320 e. The van der Waals surface area contributed by atoms with Crippen LogP contribution in [0.3, 0.4) is 0 Å². The van der Waals surface area contributed by atoms with Crippen LogP contribution < -0.4 is 5.73 Å². The van der Waals surface area contributed by atoms with Crippen molar-refractivity contribution >= 4 is 5.97 Å². The lowest BCUT2D eigenvalue weighted by Gasteiger charge is -2.04. The Labute approximate surface area is 116 Å². The molecule has 7 nitrogen and oxygen atoms in total. The van der Waals surface area contributed by atoms with Gasteiger partial charge < -0.3 is 15.6 Å². The molecule has 106 valence electrons. The summed E-state index contributed by atoms with van der Waals surface area (Å²) in [6, 6.07) is 6.69. The van der Waals surface area contributed by atoms with Crippen molar-refractivity contribution in [1.29, 1.82) is 0 Å². The number of nitrogens with two attached hydrogens (primary N) is 1. The maximum Gasteiger partial charge on any atom is 0.320 e. The lowest BCUT2D eigenvalue weighted by atomic mass is 10.2. The number of benzene rings is 1. The zero-order valence-corrected chi connectivity index (χ0v) is 11.1. The van der Waals surface area contributed by atoms with Gasteiger partial charge in [0.25, 0.3) is 0 Å². The Morgan fingerprint density at radius 2 is 2.35 bits per heavy atom. The maximum absolute atomic E-state index is 10.7. The second kappa shape index (κ2) is 6.27. The van der Waals surface area contributed by atoms with E-state index in [9.17, 15) is 4.79 Å². The van der Waals surface area contributed by atoms with Gasteiger partial charge in [0.15, 0.2) is 0 Å². The minimum Gasteiger partial charge on any atom is -0.480 e. The van der Waals surface area contributed by atoms with Crippen LogP contribution in [0.15, 0.2) is 30.5 Å². The lowest BCUT2D eigenvalue weighted by molar-refractivity contribution is -0.138. The monoisotopic (exact) mass is 276 g/mol. The fourth-order valence-corrected chi connectivity index (χ4v) is 1.79. The molecular weight excluding hydrogens is 260 g/mol. The molecule has 0 aliphatic rings. The molecule has 1 aromatic heterocycles. The van der Waals surface area contributed by atoms with Gasteiger partial charge in [0.05, 0.1) is 24.2 Å². The van der Waals surface area contributed by atoms with E-state index in [1.54, 1.807) is 18.0 Å². The van der Waals surface area contributed by atoms with Crippen LogP contribution in [0.1, 0.15) is 11.3 Å². The van der Waals surface area contributed by atoms with Crippen LogP contribution in [0.4, 0.5) is 0 Å². The highest BCUT2D eigenvalue weighted by Crippen LogP contribution is 2.11. The molecular formula is C13H16N4O3. The van der Waals surface area contributed by atoms with E-state index in [0.717, 1.165) is 11.3 Å². The summed E-state index contributed by atoms with van der Waals surface area (Å²) in [6.07, 6.45) is 1.82. The van der Waals surface area contributed by atoms with E-state index in [0.29, 0.717) is 12.3 Å². The van der Waals surface area contributed by atoms with Gasteiger partial charge in [-0.3, -0.25) is 4.79 Å². The first-order valence-corrected chi connectivity index (χ1v) is 6.08. The largest absolute Gasteiger partial charge is 0.480 e. The van der Waals surface area contributed by atoms with Crippen LogP contribution in [0.25, 0.3) is 5.69 Å². The summed E-state index contributed by atoms with van der Waals surface area (Å²) in [5.41, 5.74) is 7.86. The van der Waals surface area contributed by atoms with Gasteiger partial charge in [-0.25, -0.2) is 4.68 Å². The number of aromatic nitrogens is 3. The van der Waals surface area contributed by atoms with E-state index in [1.807, 2.05) is 24.3 Å². The van der Waals surface area contributed by atoms with E-state index in [2.05, 4.69) is 10.3 Å². The standard InChI is InChI=1S/C13H16N4O3/c1-20-8-9-3-2-4-11(5-9)17-7-10(15-16-17)6-12(14)13(18)19/h2-5,7,12H,6,8,14H2,1H3,(H,18,19). The normalized spacial score (nSPS) is 12.3. The molecule has 2 rings (SSSR count). The number of carboxylic acid groups (broad SMARTS) is 1. The van der Waals surface area contributed by atoms with Crippen LogP contribution in [0.5, 0.6) is 0 Å². The fraction of sp³-hybridized carbons (Fsp3) is 0.308. The summed E-state index contributed by atoms with van der Waals surface area (Å²) in [7, 11) is 1.63. The molecule has 0 bridgehead atoms. The van der Waals surface area contributed by atoms with Gasteiger partial charge in [-0.05, 0) is 17.7 Å². The van der Waals surface area contributed by atoms with Crippen LogP contribution in [0, 0.1) is 0 Å². The van der Waals surface area contributed by atoms with Gasteiger partial charge >= 0.3 is 5.97 Å². The van der Waals surface area contributed by atoms with E-state index < -0.39 is 12.0 Å². The number of ether oxygens (including phenoxy) is 1. The summed E-state index contributed by atoms with van der Waals surface area (Å²) in [5, 5.41) is 16.7. The number of hydrogen-bond donors (Lipinski definition) is 2. The molecule has 20 heavy (non-hydrogen) atoms. The first-order valence-electron chi connectivity index (χ1n) is 6.08. The third kappa shape index (κ3) is 3.40. The van der Waals surface area contributed by atoms with Crippen molar-refractivity contribution < 1.29 is 14.6 Å². The van der Waals surface area contributed by atoms with E-state index in [-0.39, 0.29) is 6.42 Å².